The number of nitrogens with one attached hydrogen (secondary N) is 2. The summed E-state index contributed by atoms with van der Waals surface area (Å²) in [4.78, 5) is 16.5. The molecular formula is C20H22N4OS. The summed E-state index contributed by atoms with van der Waals surface area (Å²) in [5, 5.41) is 10.6. The molecule has 2 aromatic carbocycles. The number of carbonyl (C=O) groups is 1. The second kappa shape index (κ2) is 8.67. The second-order valence-corrected chi connectivity index (χ2v) is 6.85. The predicted octanol–water partition coefficient (Wildman–Crippen LogP) is 4.33. The molecule has 6 heteroatoms. The highest BCUT2D eigenvalue weighted by Crippen LogP contribution is 2.20. The van der Waals surface area contributed by atoms with Gasteiger partial charge in [-0.2, -0.15) is 0 Å². The fourth-order valence-electron chi connectivity index (χ4n) is 2.49. The number of aromatic nitrogens is 3. The molecular weight excluding hydrogens is 344 g/mol. The van der Waals surface area contributed by atoms with Crippen LogP contribution in [0, 0.1) is 0 Å². The molecule has 0 unspecified atom stereocenters. The molecule has 1 amide bonds. The lowest BCUT2D eigenvalue weighted by Gasteiger charge is -2.04. The van der Waals surface area contributed by atoms with Crippen molar-refractivity contribution in [2.45, 2.75) is 31.8 Å². The number of nitrogens with zero attached hydrogens (tertiary/aromatic N) is 2. The summed E-state index contributed by atoms with van der Waals surface area (Å²) in [7, 11) is 0. The SMILES string of the molecule is CCc1ccc(NC(=O)CSc2n[nH]c(-c3ccc(CC)cc3)n2)cc1. The van der Waals surface area contributed by atoms with Crippen molar-refractivity contribution in [1.82, 2.24) is 15.2 Å². The van der Waals surface area contributed by atoms with Gasteiger partial charge in [-0.05, 0) is 36.1 Å². The van der Waals surface area contributed by atoms with Crippen molar-refractivity contribution < 1.29 is 4.79 Å². The smallest absolute Gasteiger partial charge is 0.234 e. The molecule has 1 heterocycles. The van der Waals surface area contributed by atoms with Gasteiger partial charge in [0.15, 0.2) is 5.82 Å². The Balaban J connectivity index is 1.54. The number of rotatable bonds is 7. The molecule has 1 aromatic heterocycles. The Kier molecular flexibility index (Phi) is 6.07. The summed E-state index contributed by atoms with van der Waals surface area (Å²) in [5.41, 5.74) is 4.32. The first-order valence-corrected chi connectivity index (χ1v) is 9.69. The lowest BCUT2D eigenvalue weighted by molar-refractivity contribution is -0.113. The van der Waals surface area contributed by atoms with Crippen molar-refractivity contribution in [2.75, 3.05) is 11.1 Å². The van der Waals surface area contributed by atoms with Crippen LogP contribution in [0.25, 0.3) is 11.4 Å². The monoisotopic (exact) mass is 366 g/mol. The Labute approximate surface area is 157 Å². The van der Waals surface area contributed by atoms with E-state index in [0.717, 1.165) is 24.1 Å². The predicted molar refractivity (Wildman–Crippen MR) is 106 cm³/mol. The molecule has 0 atom stereocenters. The average molecular weight is 366 g/mol. The first kappa shape index (κ1) is 18.2. The molecule has 3 rings (SSSR count). The topological polar surface area (TPSA) is 70.7 Å². The maximum absolute atomic E-state index is 12.1. The molecule has 0 radical (unpaired) electrons. The summed E-state index contributed by atoms with van der Waals surface area (Å²) in [6, 6.07) is 16.1. The summed E-state index contributed by atoms with van der Waals surface area (Å²) in [6.45, 7) is 4.23. The van der Waals surface area contributed by atoms with Gasteiger partial charge in [0.25, 0.3) is 0 Å². The molecule has 0 aliphatic carbocycles. The maximum Gasteiger partial charge on any atom is 0.234 e. The van der Waals surface area contributed by atoms with Crippen molar-refractivity contribution in [1.29, 1.82) is 0 Å². The molecule has 2 N–H and O–H groups in total. The molecule has 26 heavy (non-hydrogen) atoms. The van der Waals surface area contributed by atoms with E-state index in [0.29, 0.717) is 11.0 Å². The number of amides is 1. The Morgan fingerprint density at radius 1 is 1.00 bits per heavy atom. The van der Waals surface area contributed by atoms with Crippen LogP contribution in [0.15, 0.2) is 53.7 Å². The van der Waals surface area contributed by atoms with Crippen molar-refractivity contribution in [2.24, 2.45) is 0 Å². The van der Waals surface area contributed by atoms with Crippen LogP contribution >= 0.6 is 11.8 Å². The molecule has 0 aliphatic heterocycles. The van der Waals surface area contributed by atoms with Crippen molar-refractivity contribution >= 4 is 23.4 Å². The van der Waals surface area contributed by atoms with Crippen molar-refractivity contribution in [3.63, 3.8) is 0 Å². The zero-order valence-electron chi connectivity index (χ0n) is 15.0. The van der Waals surface area contributed by atoms with E-state index in [2.05, 4.69) is 46.5 Å². The number of thioether (sulfide) groups is 1. The van der Waals surface area contributed by atoms with E-state index in [1.54, 1.807) is 0 Å². The van der Waals surface area contributed by atoms with Crippen LogP contribution in [-0.2, 0) is 17.6 Å². The van der Waals surface area contributed by atoms with E-state index < -0.39 is 0 Å². The third-order valence-electron chi connectivity index (χ3n) is 4.08. The van der Waals surface area contributed by atoms with Gasteiger partial charge >= 0.3 is 0 Å². The van der Waals surface area contributed by atoms with Gasteiger partial charge in [-0.15, -0.1) is 5.10 Å². The number of H-pyrrole nitrogens is 1. The quantitative estimate of drug-likeness (QED) is 0.611. The normalized spacial score (nSPS) is 10.7. The van der Waals surface area contributed by atoms with Crippen LogP contribution in [-0.4, -0.2) is 26.8 Å². The molecule has 0 aliphatic rings. The van der Waals surface area contributed by atoms with E-state index in [1.807, 2.05) is 36.4 Å². The average Bonchev–Trinajstić information content (AvgIpc) is 3.16. The lowest BCUT2D eigenvalue weighted by atomic mass is 10.1. The molecule has 3 aromatic rings. The van der Waals surface area contributed by atoms with Gasteiger partial charge in [-0.25, -0.2) is 4.98 Å². The zero-order chi connectivity index (χ0) is 18.4. The number of hydrogen-bond donors (Lipinski definition) is 2. The molecule has 0 saturated heterocycles. The largest absolute Gasteiger partial charge is 0.325 e. The second-order valence-electron chi connectivity index (χ2n) is 5.90. The van der Waals surface area contributed by atoms with E-state index in [4.69, 9.17) is 0 Å². The minimum absolute atomic E-state index is 0.0714. The maximum atomic E-state index is 12.1. The highest BCUT2D eigenvalue weighted by Gasteiger charge is 2.09. The van der Waals surface area contributed by atoms with Gasteiger partial charge in [-0.3, -0.25) is 9.89 Å². The van der Waals surface area contributed by atoms with Gasteiger partial charge in [0.2, 0.25) is 11.1 Å². The molecule has 0 spiro atoms. The molecule has 0 fully saturated rings. The highest BCUT2D eigenvalue weighted by molar-refractivity contribution is 7.99. The van der Waals surface area contributed by atoms with Crippen molar-refractivity contribution in [3.8, 4) is 11.4 Å². The first-order chi connectivity index (χ1) is 12.7. The lowest BCUT2D eigenvalue weighted by Crippen LogP contribution is -2.14. The van der Waals surface area contributed by atoms with E-state index in [-0.39, 0.29) is 11.7 Å². The summed E-state index contributed by atoms with van der Waals surface area (Å²) in [5.74, 6) is 0.908. The Morgan fingerprint density at radius 3 is 2.23 bits per heavy atom. The molecule has 134 valence electrons. The molecule has 0 bridgehead atoms. The number of aryl methyl sites for hydroxylation is 2. The van der Waals surface area contributed by atoms with Crippen LogP contribution in [0.4, 0.5) is 5.69 Å². The van der Waals surface area contributed by atoms with Gasteiger partial charge in [0, 0.05) is 11.3 Å². The van der Waals surface area contributed by atoms with Gasteiger partial charge in [-0.1, -0.05) is 62.0 Å². The van der Waals surface area contributed by atoms with Crippen LogP contribution in [0.5, 0.6) is 0 Å². The number of anilines is 1. The third kappa shape index (κ3) is 4.73. The number of carbonyl (C=O) groups excluding carboxylic acids is 1. The number of aromatic amines is 1. The van der Waals surface area contributed by atoms with E-state index in [1.165, 1.54) is 22.9 Å². The van der Waals surface area contributed by atoms with Crippen LogP contribution in [0.2, 0.25) is 0 Å². The molecule has 5 nitrogen and oxygen atoms in total. The van der Waals surface area contributed by atoms with E-state index in [9.17, 15) is 4.79 Å². The van der Waals surface area contributed by atoms with Crippen LogP contribution in [0.1, 0.15) is 25.0 Å². The van der Waals surface area contributed by atoms with Gasteiger partial charge < -0.3 is 5.32 Å². The van der Waals surface area contributed by atoms with Gasteiger partial charge in [0.1, 0.15) is 0 Å². The van der Waals surface area contributed by atoms with Crippen LogP contribution in [0.3, 0.4) is 0 Å². The Morgan fingerprint density at radius 2 is 1.62 bits per heavy atom. The zero-order valence-corrected chi connectivity index (χ0v) is 15.8. The summed E-state index contributed by atoms with van der Waals surface area (Å²) < 4.78 is 0. The standard InChI is InChI=1S/C20H22N4OS/c1-3-14-5-9-16(10-6-14)19-22-20(24-23-19)26-13-18(25)21-17-11-7-15(4-2)8-12-17/h5-12H,3-4,13H2,1-2H3,(H,21,25)(H,22,23,24). The summed E-state index contributed by atoms with van der Waals surface area (Å²) in [6.07, 6.45) is 1.99. The summed E-state index contributed by atoms with van der Waals surface area (Å²) >= 11 is 1.31. The Bertz CT molecular complexity index is 856. The number of hydrogen-bond acceptors (Lipinski definition) is 4. The minimum Gasteiger partial charge on any atom is -0.325 e. The van der Waals surface area contributed by atoms with Gasteiger partial charge in [0.05, 0.1) is 5.75 Å². The Hall–Kier alpha value is -2.60. The minimum atomic E-state index is -0.0714. The highest BCUT2D eigenvalue weighted by atomic mass is 32.2. The van der Waals surface area contributed by atoms with Crippen LogP contribution < -0.4 is 5.32 Å². The van der Waals surface area contributed by atoms with Crippen molar-refractivity contribution in [3.05, 3.63) is 59.7 Å². The third-order valence-corrected chi connectivity index (χ3v) is 4.93. The first-order valence-electron chi connectivity index (χ1n) is 8.71. The number of benzene rings is 2. The molecule has 0 saturated carbocycles. The fraction of sp³-hybridized carbons (Fsp3) is 0.250. The fourth-order valence-corrected chi connectivity index (χ4v) is 3.09. The van der Waals surface area contributed by atoms with E-state index >= 15 is 0 Å².